The Balaban J connectivity index is 0.00000200. The summed E-state index contributed by atoms with van der Waals surface area (Å²) in [5.41, 5.74) is 0.779. The Bertz CT molecular complexity index is 1350. The number of nitrogens with zero attached hydrogens (tertiary/aromatic N) is 6. The molecule has 1 fully saturated rings. The normalized spacial score (nSPS) is 13.3. The molecule has 0 radical (unpaired) electrons. The summed E-state index contributed by atoms with van der Waals surface area (Å²) >= 11 is 2.80. The summed E-state index contributed by atoms with van der Waals surface area (Å²) in [6.07, 6.45) is 7.00. The molecule has 1 aliphatic rings. The highest BCUT2D eigenvalue weighted by Crippen LogP contribution is 2.37. The van der Waals surface area contributed by atoms with Gasteiger partial charge < -0.3 is 15.0 Å². The minimum absolute atomic E-state index is 0. The number of ether oxygens (including phenoxy) is 1. The lowest BCUT2D eigenvalue weighted by atomic mass is 9.96. The van der Waals surface area contributed by atoms with Gasteiger partial charge in [-0.15, -0.1) is 24.8 Å². The molecule has 4 aromatic rings. The fraction of sp³-hybridized carbons (Fsp3) is 0.280. The molecule has 1 amide bonds. The maximum Gasteiger partial charge on any atom is 0.219 e. The summed E-state index contributed by atoms with van der Waals surface area (Å²) in [6.45, 7) is 4.99. The maximum absolute atomic E-state index is 11.6. The van der Waals surface area contributed by atoms with Crippen molar-refractivity contribution in [2.24, 2.45) is 0 Å². The van der Waals surface area contributed by atoms with Crippen LogP contribution in [0.15, 0.2) is 64.9 Å². The maximum atomic E-state index is 11.6. The minimum Gasteiger partial charge on any atom is -0.452 e. The van der Waals surface area contributed by atoms with E-state index in [2.05, 4.69) is 24.6 Å². The summed E-state index contributed by atoms with van der Waals surface area (Å²) in [4.78, 5) is 32.5. The van der Waals surface area contributed by atoms with Crippen molar-refractivity contribution in [2.45, 2.75) is 42.5 Å². The number of amides is 1. The molecule has 0 saturated carbocycles. The van der Waals surface area contributed by atoms with E-state index in [1.165, 1.54) is 23.3 Å². The van der Waals surface area contributed by atoms with Crippen LogP contribution in [0.1, 0.15) is 37.2 Å². The van der Waals surface area contributed by atoms with Crippen LogP contribution in [-0.4, -0.2) is 48.2 Å². The van der Waals surface area contributed by atoms with Gasteiger partial charge in [0.05, 0.1) is 5.69 Å². The largest absolute Gasteiger partial charge is 0.452 e. The molecule has 0 atom stereocenters. The SMILES string of the molecule is CC(=O)N1CCC(c2nsc(Nc3ncc(Sc4ccccn4)cc3Oc3cccnc3C)n2)CC1.Cl.Cl. The number of anilines is 2. The number of halogens is 2. The number of piperidine rings is 1. The van der Waals surface area contributed by atoms with Crippen molar-refractivity contribution < 1.29 is 9.53 Å². The van der Waals surface area contributed by atoms with Gasteiger partial charge in [-0.2, -0.15) is 4.37 Å². The van der Waals surface area contributed by atoms with E-state index in [9.17, 15) is 4.79 Å². The predicted octanol–water partition coefficient (Wildman–Crippen LogP) is 6.29. The van der Waals surface area contributed by atoms with Gasteiger partial charge >= 0.3 is 0 Å². The molecule has 13 heteroatoms. The summed E-state index contributed by atoms with van der Waals surface area (Å²) in [6, 6.07) is 11.4. The summed E-state index contributed by atoms with van der Waals surface area (Å²) < 4.78 is 10.8. The second-order valence-corrected chi connectivity index (χ2v) is 10.2. The van der Waals surface area contributed by atoms with Crippen molar-refractivity contribution in [1.29, 1.82) is 0 Å². The predicted molar refractivity (Wildman–Crippen MR) is 154 cm³/mol. The number of nitrogens with one attached hydrogen (secondary N) is 1. The van der Waals surface area contributed by atoms with Crippen LogP contribution in [0.25, 0.3) is 0 Å². The van der Waals surface area contributed by atoms with Gasteiger partial charge in [-0.05, 0) is 44.0 Å². The zero-order valence-electron chi connectivity index (χ0n) is 20.7. The van der Waals surface area contributed by atoms with Crippen molar-refractivity contribution in [2.75, 3.05) is 18.4 Å². The van der Waals surface area contributed by atoms with E-state index in [0.717, 1.165) is 47.4 Å². The Labute approximate surface area is 241 Å². The highest BCUT2D eigenvalue weighted by molar-refractivity contribution is 7.99. The molecule has 0 aliphatic carbocycles. The number of carbonyl (C=O) groups is 1. The van der Waals surface area contributed by atoms with E-state index in [1.54, 1.807) is 25.5 Å². The third kappa shape index (κ3) is 7.31. The summed E-state index contributed by atoms with van der Waals surface area (Å²) in [7, 11) is 0. The number of pyridine rings is 3. The molecule has 200 valence electrons. The molecular weight excluding hydrogens is 565 g/mol. The van der Waals surface area contributed by atoms with Gasteiger partial charge in [0.1, 0.15) is 16.6 Å². The van der Waals surface area contributed by atoms with Crippen molar-refractivity contribution >= 4 is 65.0 Å². The highest BCUT2D eigenvalue weighted by Gasteiger charge is 2.25. The summed E-state index contributed by atoms with van der Waals surface area (Å²) in [5, 5.41) is 4.80. The number of hydrogen-bond donors (Lipinski definition) is 1. The number of likely N-dealkylation sites (tertiary alicyclic amines) is 1. The van der Waals surface area contributed by atoms with Gasteiger partial charge in [0.15, 0.2) is 11.6 Å². The van der Waals surface area contributed by atoms with E-state index < -0.39 is 0 Å². The lowest BCUT2D eigenvalue weighted by molar-refractivity contribution is -0.129. The zero-order chi connectivity index (χ0) is 24.9. The van der Waals surface area contributed by atoms with Crippen molar-refractivity contribution in [1.82, 2.24) is 29.2 Å². The smallest absolute Gasteiger partial charge is 0.219 e. The van der Waals surface area contributed by atoms with E-state index in [0.29, 0.717) is 22.4 Å². The van der Waals surface area contributed by atoms with Crippen LogP contribution in [0.2, 0.25) is 0 Å². The van der Waals surface area contributed by atoms with Crippen LogP contribution in [-0.2, 0) is 4.79 Å². The second kappa shape index (κ2) is 13.7. The average molecular weight is 593 g/mol. The number of aromatic nitrogens is 5. The quantitative estimate of drug-likeness (QED) is 0.265. The molecule has 5 heterocycles. The number of rotatable bonds is 7. The third-order valence-corrected chi connectivity index (χ3v) is 7.39. The summed E-state index contributed by atoms with van der Waals surface area (Å²) in [5.74, 6) is 2.91. The monoisotopic (exact) mass is 591 g/mol. The Hall–Kier alpha value is -2.99. The third-order valence-electron chi connectivity index (χ3n) is 5.84. The molecule has 0 bridgehead atoms. The minimum atomic E-state index is 0. The van der Waals surface area contributed by atoms with Crippen LogP contribution >= 0.6 is 48.1 Å². The van der Waals surface area contributed by atoms with Crippen LogP contribution in [0.5, 0.6) is 11.5 Å². The standard InChI is InChI=1S/C25H25N7O2S2.2ClH/c1-16-20(6-5-11-26-16)34-21-14-19(35-22-7-3-4-10-27-22)15-28-24(21)30-25-29-23(31-36-25)18-8-12-32(13-9-18)17(2)33;;/h3-7,10-11,14-15,18H,8-9,12-13H2,1-2H3,(H,28,29,30,31);2*1H. The van der Waals surface area contributed by atoms with Gasteiger partial charge in [-0.3, -0.25) is 9.78 Å². The fourth-order valence-electron chi connectivity index (χ4n) is 3.88. The Morgan fingerprint density at radius 2 is 1.87 bits per heavy atom. The van der Waals surface area contributed by atoms with Crippen LogP contribution < -0.4 is 10.1 Å². The number of carbonyl (C=O) groups excluding carboxylic acids is 1. The van der Waals surface area contributed by atoms with Gasteiger partial charge in [-0.25, -0.2) is 15.0 Å². The molecule has 5 rings (SSSR count). The Kier molecular flexibility index (Phi) is 10.7. The molecule has 38 heavy (non-hydrogen) atoms. The van der Waals surface area contributed by atoms with Crippen molar-refractivity contribution in [3.05, 3.63) is 66.5 Å². The topological polar surface area (TPSA) is 106 Å². The zero-order valence-corrected chi connectivity index (χ0v) is 24.0. The first-order valence-corrected chi connectivity index (χ1v) is 13.2. The highest BCUT2D eigenvalue weighted by atomic mass is 35.5. The fourth-order valence-corrected chi connectivity index (χ4v) is 5.30. The molecule has 0 aromatic carbocycles. The molecule has 1 aliphatic heterocycles. The molecule has 1 N–H and O–H groups in total. The van der Waals surface area contributed by atoms with Crippen LogP contribution in [0.3, 0.4) is 0 Å². The first kappa shape index (κ1) is 29.6. The molecule has 1 saturated heterocycles. The van der Waals surface area contributed by atoms with Crippen LogP contribution in [0.4, 0.5) is 10.9 Å². The number of aryl methyl sites for hydroxylation is 1. The molecule has 9 nitrogen and oxygen atoms in total. The van der Waals surface area contributed by atoms with E-state index in [-0.39, 0.29) is 36.6 Å². The van der Waals surface area contributed by atoms with E-state index in [1.807, 2.05) is 48.2 Å². The second-order valence-electron chi connectivity index (χ2n) is 8.34. The Morgan fingerprint density at radius 1 is 1.08 bits per heavy atom. The van der Waals surface area contributed by atoms with Gasteiger partial charge in [0.25, 0.3) is 0 Å². The first-order valence-electron chi connectivity index (χ1n) is 11.6. The van der Waals surface area contributed by atoms with E-state index >= 15 is 0 Å². The van der Waals surface area contributed by atoms with Gasteiger partial charge in [0.2, 0.25) is 11.0 Å². The molecule has 0 spiro atoms. The lowest BCUT2D eigenvalue weighted by Gasteiger charge is -2.29. The molecular formula is C25H27Cl2N7O2S2. The van der Waals surface area contributed by atoms with Crippen molar-refractivity contribution in [3.63, 3.8) is 0 Å². The van der Waals surface area contributed by atoms with Gasteiger partial charge in [0, 0.05) is 67.0 Å². The molecule has 0 unspecified atom stereocenters. The van der Waals surface area contributed by atoms with Gasteiger partial charge in [-0.1, -0.05) is 17.8 Å². The van der Waals surface area contributed by atoms with Crippen molar-refractivity contribution in [3.8, 4) is 11.5 Å². The average Bonchev–Trinajstić information content (AvgIpc) is 3.36. The van der Waals surface area contributed by atoms with E-state index in [4.69, 9.17) is 9.72 Å². The Morgan fingerprint density at radius 3 is 2.58 bits per heavy atom. The first-order chi connectivity index (χ1) is 17.5. The lowest BCUT2D eigenvalue weighted by Crippen LogP contribution is -2.36. The molecule has 4 aromatic heterocycles. The van der Waals surface area contributed by atoms with Crippen LogP contribution in [0, 0.1) is 6.92 Å². The number of hydrogen-bond acceptors (Lipinski definition) is 10.